The summed E-state index contributed by atoms with van der Waals surface area (Å²) >= 11 is 1.32. The SMILES string of the molecule is CCCNC(=O)c1cc(-c2ccc(C[C@@H](C#N)NC(=O)C3NC4CCC3C4)c(F)c2)cs1. The van der Waals surface area contributed by atoms with Crippen molar-refractivity contribution in [3.8, 4) is 17.2 Å². The van der Waals surface area contributed by atoms with Gasteiger partial charge in [0.15, 0.2) is 0 Å². The third-order valence-electron chi connectivity index (χ3n) is 6.28. The van der Waals surface area contributed by atoms with Crippen LogP contribution in [0.1, 0.15) is 47.8 Å². The summed E-state index contributed by atoms with van der Waals surface area (Å²) in [5.41, 5.74) is 1.81. The zero-order chi connectivity index (χ0) is 22.7. The maximum atomic E-state index is 14.8. The highest BCUT2D eigenvalue weighted by Gasteiger charge is 2.43. The number of hydrogen-bond donors (Lipinski definition) is 3. The maximum absolute atomic E-state index is 14.8. The number of nitrogens with zero attached hydrogens (tertiary/aromatic N) is 1. The van der Waals surface area contributed by atoms with Crippen molar-refractivity contribution in [2.45, 2.75) is 57.2 Å². The maximum Gasteiger partial charge on any atom is 0.261 e. The van der Waals surface area contributed by atoms with E-state index in [9.17, 15) is 19.2 Å². The summed E-state index contributed by atoms with van der Waals surface area (Å²) in [5.74, 6) is -0.404. The van der Waals surface area contributed by atoms with E-state index in [2.05, 4.69) is 22.0 Å². The largest absolute Gasteiger partial charge is 0.351 e. The number of nitrogens with one attached hydrogen (secondary N) is 3. The van der Waals surface area contributed by atoms with E-state index in [1.165, 1.54) is 17.4 Å². The Kier molecular flexibility index (Phi) is 6.87. The van der Waals surface area contributed by atoms with Crippen LogP contribution >= 0.6 is 11.3 Å². The molecule has 1 saturated heterocycles. The van der Waals surface area contributed by atoms with Crippen LogP contribution in [0.3, 0.4) is 0 Å². The zero-order valence-electron chi connectivity index (χ0n) is 18.0. The number of fused-ring (bicyclic) bond motifs is 2. The molecule has 1 aromatic carbocycles. The Hall–Kier alpha value is -2.76. The second kappa shape index (κ2) is 9.80. The number of piperidine rings is 1. The highest BCUT2D eigenvalue weighted by molar-refractivity contribution is 7.12. The van der Waals surface area contributed by atoms with E-state index in [1.807, 2.05) is 12.3 Å². The quantitative estimate of drug-likeness (QED) is 0.570. The van der Waals surface area contributed by atoms with Gasteiger partial charge in [-0.3, -0.25) is 9.59 Å². The van der Waals surface area contributed by atoms with Crippen molar-refractivity contribution >= 4 is 23.2 Å². The fourth-order valence-electron chi connectivity index (χ4n) is 4.59. The van der Waals surface area contributed by atoms with Gasteiger partial charge < -0.3 is 16.0 Å². The first-order chi connectivity index (χ1) is 15.5. The van der Waals surface area contributed by atoms with E-state index < -0.39 is 11.9 Å². The number of nitriles is 1. The number of carbonyl (C=O) groups is 2. The molecule has 3 unspecified atom stereocenters. The van der Waals surface area contributed by atoms with Crippen LogP contribution in [0.25, 0.3) is 11.1 Å². The lowest BCUT2D eigenvalue weighted by Gasteiger charge is -2.23. The molecule has 1 aromatic heterocycles. The molecule has 6 nitrogen and oxygen atoms in total. The average Bonchev–Trinajstić information content (AvgIpc) is 3.55. The van der Waals surface area contributed by atoms with E-state index in [-0.39, 0.29) is 24.3 Å². The van der Waals surface area contributed by atoms with E-state index in [1.54, 1.807) is 18.2 Å². The summed E-state index contributed by atoms with van der Waals surface area (Å²) in [6, 6.07) is 8.04. The summed E-state index contributed by atoms with van der Waals surface area (Å²) < 4.78 is 14.8. The van der Waals surface area contributed by atoms with Crippen molar-refractivity contribution in [2.75, 3.05) is 6.54 Å². The standard InChI is InChI=1S/C24H27FN4O2S/c1-2-7-27-23(30)21-11-17(13-32-21)14-3-4-15(20(25)10-14)8-19(12-26)29-24(31)22-16-5-6-18(9-16)28-22/h3-4,10-11,13,16,18-19,22,28H,2,5-9H2,1H3,(H,27,30)(H,29,31)/t16?,18?,19-,22?/m0/s1. The van der Waals surface area contributed by atoms with Gasteiger partial charge in [0.25, 0.3) is 5.91 Å². The van der Waals surface area contributed by atoms with E-state index in [0.29, 0.717) is 34.5 Å². The van der Waals surface area contributed by atoms with E-state index in [0.717, 1.165) is 31.2 Å². The second-order valence-corrected chi connectivity index (χ2v) is 9.48. The Morgan fingerprint density at radius 2 is 2.16 bits per heavy atom. The lowest BCUT2D eigenvalue weighted by Crippen LogP contribution is -2.50. The van der Waals surface area contributed by atoms with Gasteiger partial charge in [0.1, 0.15) is 11.9 Å². The molecule has 3 N–H and O–H groups in total. The van der Waals surface area contributed by atoms with Crippen LogP contribution in [-0.2, 0) is 11.2 Å². The summed E-state index contributed by atoms with van der Waals surface area (Å²) in [4.78, 5) is 25.3. The van der Waals surface area contributed by atoms with Gasteiger partial charge in [-0.25, -0.2) is 4.39 Å². The average molecular weight is 455 g/mol. The molecule has 2 aromatic rings. The number of hydrogen-bond acceptors (Lipinski definition) is 5. The van der Waals surface area contributed by atoms with Crippen molar-refractivity contribution in [1.29, 1.82) is 5.26 Å². The molecule has 4 atom stereocenters. The van der Waals surface area contributed by atoms with Crippen LogP contribution in [0.5, 0.6) is 0 Å². The Bertz CT molecular complexity index is 1050. The number of benzene rings is 1. The van der Waals surface area contributed by atoms with Gasteiger partial charge in [0.2, 0.25) is 5.91 Å². The molecular weight excluding hydrogens is 427 g/mol. The van der Waals surface area contributed by atoms with Gasteiger partial charge in [-0.05, 0) is 65.8 Å². The molecule has 1 aliphatic heterocycles. The van der Waals surface area contributed by atoms with E-state index in [4.69, 9.17) is 0 Å². The molecular formula is C24H27FN4O2S. The van der Waals surface area contributed by atoms with Gasteiger partial charge in [-0.2, -0.15) is 5.26 Å². The lowest BCUT2D eigenvalue weighted by atomic mass is 9.98. The van der Waals surface area contributed by atoms with Gasteiger partial charge in [0, 0.05) is 19.0 Å². The van der Waals surface area contributed by atoms with Crippen molar-refractivity contribution in [1.82, 2.24) is 16.0 Å². The van der Waals surface area contributed by atoms with Crippen molar-refractivity contribution in [3.05, 3.63) is 45.9 Å². The van der Waals surface area contributed by atoms with Crippen LogP contribution in [0.2, 0.25) is 0 Å². The fourth-order valence-corrected chi connectivity index (χ4v) is 5.42. The molecule has 4 rings (SSSR count). The number of amides is 2. The first-order valence-corrected chi connectivity index (χ1v) is 12.0. The third kappa shape index (κ3) is 4.84. The molecule has 32 heavy (non-hydrogen) atoms. The minimum atomic E-state index is -0.793. The lowest BCUT2D eigenvalue weighted by molar-refractivity contribution is -0.124. The van der Waals surface area contributed by atoms with Crippen molar-refractivity contribution in [3.63, 3.8) is 0 Å². The summed E-state index contributed by atoms with van der Waals surface area (Å²) in [7, 11) is 0. The molecule has 0 radical (unpaired) electrons. The van der Waals surface area contributed by atoms with Crippen LogP contribution in [0, 0.1) is 23.1 Å². The first-order valence-electron chi connectivity index (χ1n) is 11.1. The van der Waals surface area contributed by atoms with Crippen LogP contribution < -0.4 is 16.0 Å². The summed E-state index contributed by atoms with van der Waals surface area (Å²) in [6.07, 6.45) is 4.11. The van der Waals surface area contributed by atoms with Crippen molar-refractivity contribution in [2.24, 2.45) is 5.92 Å². The number of rotatable bonds is 8. The molecule has 168 valence electrons. The molecule has 0 spiro atoms. The van der Waals surface area contributed by atoms with Gasteiger partial charge in [-0.15, -0.1) is 11.3 Å². The summed E-state index contributed by atoms with van der Waals surface area (Å²) in [5, 5.41) is 20.3. The fraction of sp³-hybridized carbons (Fsp3) is 0.458. The van der Waals surface area contributed by atoms with Crippen LogP contribution in [0.4, 0.5) is 4.39 Å². The Balaban J connectivity index is 1.39. The van der Waals surface area contributed by atoms with Gasteiger partial charge in [0.05, 0.1) is 17.0 Å². The Labute approximate surface area is 191 Å². The highest BCUT2D eigenvalue weighted by Crippen LogP contribution is 2.35. The predicted molar refractivity (Wildman–Crippen MR) is 122 cm³/mol. The van der Waals surface area contributed by atoms with Crippen LogP contribution in [-0.4, -0.2) is 36.5 Å². The number of thiophene rings is 1. The third-order valence-corrected chi connectivity index (χ3v) is 7.21. The molecule has 2 heterocycles. The van der Waals surface area contributed by atoms with Crippen LogP contribution in [0.15, 0.2) is 29.6 Å². The molecule has 8 heteroatoms. The highest BCUT2D eigenvalue weighted by atomic mass is 32.1. The minimum Gasteiger partial charge on any atom is -0.351 e. The smallest absolute Gasteiger partial charge is 0.261 e. The topological polar surface area (TPSA) is 94.0 Å². The Morgan fingerprint density at radius 1 is 1.31 bits per heavy atom. The Morgan fingerprint density at radius 3 is 2.81 bits per heavy atom. The molecule has 2 aliphatic rings. The summed E-state index contributed by atoms with van der Waals surface area (Å²) in [6.45, 7) is 2.60. The number of halogens is 1. The van der Waals surface area contributed by atoms with Gasteiger partial charge >= 0.3 is 0 Å². The molecule has 2 amide bonds. The second-order valence-electron chi connectivity index (χ2n) is 8.57. The number of carbonyl (C=O) groups excluding carboxylic acids is 2. The first kappa shape index (κ1) is 22.4. The molecule has 1 saturated carbocycles. The molecule has 2 bridgehead atoms. The zero-order valence-corrected chi connectivity index (χ0v) is 18.8. The van der Waals surface area contributed by atoms with Crippen molar-refractivity contribution < 1.29 is 14.0 Å². The molecule has 1 aliphatic carbocycles. The molecule has 2 fully saturated rings. The van der Waals surface area contributed by atoms with Gasteiger partial charge in [-0.1, -0.05) is 19.1 Å². The minimum absolute atomic E-state index is 0.101. The normalized spacial score (nSPS) is 22.3. The predicted octanol–water partition coefficient (Wildman–Crippen LogP) is 3.39. The monoisotopic (exact) mass is 454 g/mol. The van der Waals surface area contributed by atoms with E-state index >= 15 is 0 Å².